The molecule has 1 N–H and O–H groups in total. The van der Waals surface area contributed by atoms with Gasteiger partial charge in [-0.05, 0) is 13.8 Å². The van der Waals surface area contributed by atoms with Crippen LogP contribution in [-0.4, -0.2) is 45.6 Å². The van der Waals surface area contributed by atoms with Gasteiger partial charge in [0.05, 0.1) is 25.5 Å². The van der Waals surface area contributed by atoms with E-state index >= 15 is 0 Å². The second-order valence-corrected chi connectivity index (χ2v) is 4.49. The number of ether oxygens (including phenoxy) is 3. The van der Waals surface area contributed by atoms with Crippen LogP contribution < -0.4 is 10.1 Å². The van der Waals surface area contributed by atoms with Crippen LogP contribution in [0.15, 0.2) is 6.20 Å². The molecular weight excluding hydrogens is 244 g/mol. The van der Waals surface area contributed by atoms with E-state index in [0.29, 0.717) is 13.2 Å². The van der Waals surface area contributed by atoms with Gasteiger partial charge in [0.1, 0.15) is 5.75 Å². The van der Waals surface area contributed by atoms with Gasteiger partial charge in [0.15, 0.2) is 0 Å². The van der Waals surface area contributed by atoms with Crippen molar-refractivity contribution in [2.24, 2.45) is 0 Å². The molecule has 1 aromatic heterocycles. The molecule has 19 heavy (non-hydrogen) atoms. The Kier molecular flexibility index (Phi) is 6.77. The summed E-state index contributed by atoms with van der Waals surface area (Å²) in [6, 6.07) is 0. The number of hydrogen-bond donors (Lipinski definition) is 1. The minimum Gasteiger partial charge on any atom is -0.496 e. The normalized spacial score (nSPS) is 12.5. The smallest absolute Gasteiger partial charge is 0.128 e. The second kappa shape index (κ2) is 8.09. The molecule has 0 aromatic carbocycles. The number of aryl methyl sites for hydroxylation is 1. The molecule has 108 valence electrons. The molecule has 0 radical (unpaired) electrons. The Hall–Kier alpha value is -1.17. The van der Waals surface area contributed by atoms with E-state index in [4.69, 9.17) is 14.2 Å². The van der Waals surface area contributed by atoms with Crippen LogP contribution in [0, 0.1) is 13.8 Å². The lowest BCUT2D eigenvalue weighted by Crippen LogP contribution is -2.31. The van der Waals surface area contributed by atoms with E-state index in [2.05, 4.69) is 10.3 Å². The number of methoxy groups -OCH3 is 3. The van der Waals surface area contributed by atoms with Crippen molar-refractivity contribution in [1.82, 2.24) is 10.3 Å². The first-order valence-electron chi connectivity index (χ1n) is 6.35. The first kappa shape index (κ1) is 15.9. The molecule has 0 spiro atoms. The molecular formula is C14H24N2O3. The van der Waals surface area contributed by atoms with Crippen molar-refractivity contribution >= 4 is 0 Å². The summed E-state index contributed by atoms with van der Waals surface area (Å²) in [5.41, 5.74) is 3.13. The number of rotatable bonds is 8. The van der Waals surface area contributed by atoms with Gasteiger partial charge >= 0.3 is 0 Å². The van der Waals surface area contributed by atoms with Gasteiger partial charge in [-0.2, -0.15) is 0 Å². The average Bonchev–Trinajstić information content (AvgIpc) is 2.40. The van der Waals surface area contributed by atoms with Crippen LogP contribution in [0.1, 0.15) is 16.8 Å². The van der Waals surface area contributed by atoms with Gasteiger partial charge in [-0.25, -0.2) is 0 Å². The van der Waals surface area contributed by atoms with Gasteiger partial charge in [0.2, 0.25) is 0 Å². The lowest BCUT2D eigenvalue weighted by Gasteiger charge is -2.16. The van der Waals surface area contributed by atoms with E-state index in [9.17, 15) is 0 Å². The summed E-state index contributed by atoms with van der Waals surface area (Å²) in [5, 5.41) is 3.33. The molecule has 0 aliphatic rings. The fraction of sp³-hybridized carbons (Fsp3) is 0.643. The summed E-state index contributed by atoms with van der Waals surface area (Å²) in [7, 11) is 5.04. The predicted octanol–water partition coefficient (Wildman–Crippen LogP) is 1.46. The Labute approximate surface area is 115 Å². The average molecular weight is 268 g/mol. The number of nitrogens with one attached hydrogen (secondary N) is 1. The van der Waals surface area contributed by atoms with Crippen molar-refractivity contribution in [2.45, 2.75) is 26.5 Å². The van der Waals surface area contributed by atoms with Crippen LogP contribution in [0.2, 0.25) is 0 Å². The summed E-state index contributed by atoms with van der Waals surface area (Å²) in [4.78, 5) is 4.44. The van der Waals surface area contributed by atoms with Crippen LogP contribution in [0.4, 0.5) is 0 Å². The summed E-state index contributed by atoms with van der Waals surface area (Å²) >= 11 is 0. The highest BCUT2D eigenvalue weighted by Gasteiger charge is 2.10. The highest BCUT2D eigenvalue weighted by atomic mass is 16.5. The summed E-state index contributed by atoms with van der Waals surface area (Å²) in [6.45, 7) is 6.01. The van der Waals surface area contributed by atoms with Gasteiger partial charge in [0, 0.05) is 44.6 Å². The fourth-order valence-electron chi connectivity index (χ4n) is 2.00. The Morgan fingerprint density at radius 2 is 2.00 bits per heavy atom. The van der Waals surface area contributed by atoms with E-state index in [0.717, 1.165) is 29.1 Å². The van der Waals surface area contributed by atoms with Gasteiger partial charge in [0.25, 0.3) is 0 Å². The molecule has 0 bridgehead atoms. The first-order valence-corrected chi connectivity index (χ1v) is 6.35. The highest BCUT2D eigenvalue weighted by Crippen LogP contribution is 2.23. The molecule has 0 fully saturated rings. The van der Waals surface area contributed by atoms with Crippen LogP contribution in [0.5, 0.6) is 5.75 Å². The minimum absolute atomic E-state index is 0.0534. The van der Waals surface area contributed by atoms with Crippen molar-refractivity contribution < 1.29 is 14.2 Å². The number of hydrogen-bond acceptors (Lipinski definition) is 5. The molecule has 5 heteroatoms. The largest absolute Gasteiger partial charge is 0.496 e. The van der Waals surface area contributed by atoms with E-state index in [1.807, 2.05) is 20.0 Å². The summed E-state index contributed by atoms with van der Waals surface area (Å²) < 4.78 is 15.8. The lowest BCUT2D eigenvalue weighted by atomic mass is 10.1. The Morgan fingerprint density at radius 1 is 1.26 bits per heavy atom. The molecule has 5 nitrogen and oxygen atoms in total. The maximum Gasteiger partial charge on any atom is 0.128 e. The van der Waals surface area contributed by atoms with Crippen molar-refractivity contribution in [3.63, 3.8) is 0 Å². The Balaban J connectivity index is 2.58. The summed E-state index contributed by atoms with van der Waals surface area (Å²) in [5.74, 6) is 0.909. The number of nitrogens with zero attached hydrogens (tertiary/aromatic N) is 1. The van der Waals surface area contributed by atoms with Gasteiger partial charge in [-0.1, -0.05) is 0 Å². The zero-order valence-electron chi connectivity index (χ0n) is 12.4. The SMILES string of the molecule is COCC(CNCc1ncc(C)c(OC)c1C)OC. The third-order valence-electron chi connectivity index (χ3n) is 3.10. The molecule has 1 rings (SSSR count). The van der Waals surface area contributed by atoms with Crippen molar-refractivity contribution in [2.75, 3.05) is 34.5 Å². The van der Waals surface area contributed by atoms with E-state index in [1.165, 1.54) is 0 Å². The topological polar surface area (TPSA) is 52.6 Å². The molecule has 0 saturated heterocycles. The zero-order chi connectivity index (χ0) is 14.3. The first-order chi connectivity index (χ1) is 9.13. The molecule has 0 saturated carbocycles. The Morgan fingerprint density at radius 3 is 2.58 bits per heavy atom. The van der Waals surface area contributed by atoms with E-state index < -0.39 is 0 Å². The minimum atomic E-state index is 0.0534. The van der Waals surface area contributed by atoms with E-state index in [-0.39, 0.29) is 6.10 Å². The second-order valence-electron chi connectivity index (χ2n) is 4.49. The number of aromatic nitrogens is 1. The van der Waals surface area contributed by atoms with Crippen molar-refractivity contribution in [3.8, 4) is 5.75 Å². The van der Waals surface area contributed by atoms with Gasteiger partial charge in [-0.3, -0.25) is 4.98 Å². The van der Waals surface area contributed by atoms with Crippen LogP contribution in [-0.2, 0) is 16.0 Å². The third kappa shape index (κ3) is 4.45. The van der Waals surface area contributed by atoms with Crippen molar-refractivity contribution in [3.05, 3.63) is 23.0 Å². The fourth-order valence-corrected chi connectivity index (χ4v) is 2.00. The molecule has 1 unspecified atom stereocenters. The molecule has 1 aromatic rings. The molecule has 0 aliphatic heterocycles. The van der Waals surface area contributed by atoms with Gasteiger partial charge in [-0.15, -0.1) is 0 Å². The Bertz CT molecular complexity index is 397. The summed E-state index contributed by atoms with van der Waals surface area (Å²) in [6.07, 6.45) is 1.89. The molecule has 1 heterocycles. The van der Waals surface area contributed by atoms with Crippen molar-refractivity contribution in [1.29, 1.82) is 0 Å². The van der Waals surface area contributed by atoms with E-state index in [1.54, 1.807) is 21.3 Å². The monoisotopic (exact) mass is 268 g/mol. The van der Waals surface area contributed by atoms with Crippen LogP contribution in [0.25, 0.3) is 0 Å². The lowest BCUT2D eigenvalue weighted by molar-refractivity contribution is 0.0287. The zero-order valence-corrected chi connectivity index (χ0v) is 12.4. The third-order valence-corrected chi connectivity index (χ3v) is 3.10. The quantitative estimate of drug-likeness (QED) is 0.773. The molecule has 0 amide bonds. The molecule has 1 atom stereocenters. The predicted molar refractivity (Wildman–Crippen MR) is 74.6 cm³/mol. The van der Waals surface area contributed by atoms with Crippen LogP contribution >= 0.6 is 0 Å². The molecule has 0 aliphatic carbocycles. The number of pyridine rings is 1. The van der Waals surface area contributed by atoms with Crippen LogP contribution in [0.3, 0.4) is 0 Å². The standard InChI is InChI=1S/C14H24N2O3/c1-10-6-16-13(11(2)14(10)19-5)8-15-7-12(18-4)9-17-3/h6,12,15H,7-9H2,1-5H3. The maximum atomic E-state index is 5.39. The maximum absolute atomic E-state index is 5.39. The highest BCUT2D eigenvalue weighted by molar-refractivity contribution is 5.40. The van der Waals surface area contributed by atoms with Gasteiger partial charge < -0.3 is 19.5 Å².